The minimum atomic E-state index is -0.349. The van der Waals surface area contributed by atoms with Gasteiger partial charge in [-0.1, -0.05) is 24.0 Å². The van der Waals surface area contributed by atoms with Gasteiger partial charge in [-0.05, 0) is 43.8 Å². The van der Waals surface area contributed by atoms with E-state index < -0.39 is 0 Å². The summed E-state index contributed by atoms with van der Waals surface area (Å²) in [5, 5.41) is 18.5. The van der Waals surface area contributed by atoms with Crippen LogP contribution in [0.1, 0.15) is 32.6 Å². The molecule has 0 unspecified atom stereocenters. The monoisotopic (exact) mass is 549 g/mol. The third kappa shape index (κ3) is 7.11. The van der Waals surface area contributed by atoms with E-state index >= 15 is 0 Å². The Kier molecular flexibility index (Phi) is 8.30. The van der Waals surface area contributed by atoms with Crippen LogP contribution in [0.25, 0.3) is 0 Å². The fourth-order valence-corrected chi connectivity index (χ4v) is 4.27. The predicted molar refractivity (Wildman–Crippen MR) is 153 cm³/mol. The van der Waals surface area contributed by atoms with Crippen molar-refractivity contribution < 1.29 is 9.18 Å². The highest BCUT2D eigenvalue weighted by atomic mass is 19.1. The van der Waals surface area contributed by atoms with Crippen molar-refractivity contribution in [1.82, 2.24) is 29.5 Å². The molecule has 0 atom stereocenters. The Morgan fingerprint density at radius 2 is 1.80 bits per heavy atom. The van der Waals surface area contributed by atoms with Crippen molar-refractivity contribution in [3.63, 3.8) is 0 Å². The molecule has 11 heteroatoms. The van der Waals surface area contributed by atoms with Crippen molar-refractivity contribution in [3.05, 3.63) is 94.8 Å². The first kappa shape index (κ1) is 27.5. The summed E-state index contributed by atoms with van der Waals surface area (Å²) in [4.78, 5) is 25.9. The number of nitrogens with one attached hydrogen (secondary N) is 2. The first-order chi connectivity index (χ1) is 19.9. The van der Waals surface area contributed by atoms with Gasteiger partial charge in [-0.25, -0.2) is 14.4 Å². The van der Waals surface area contributed by atoms with Gasteiger partial charge in [0.05, 0.1) is 23.6 Å². The van der Waals surface area contributed by atoms with Gasteiger partial charge in [0.25, 0.3) is 5.91 Å². The van der Waals surface area contributed by atoms with Crippen molar-refractivity contribution in [2.75, 3.05) is 43.9 Å². The maximum atomic E-state index is 14.8. The fourth-order valence-electron chi connectivity index (χ4n) is 4.27. The van der Waals surface area contributed by atoms with E-state index in [1.54, 1.807) is 36.7 Å². The molecule has 0 radical (unpaired) electrons. The van der Waals surface area contributed by atoms with Crippen molar-refractivity contribution in [2.45, 2.75) is 13.5 Å². The number of aromatic nitrogens is 4. The zero-order valence-corrected chi connectivity index (χ0v) is 22.7. The van der Waals surface area contributed by atoms with E-state index in [2.05, 4.69) is 54.4 Å². The van der Waals surface area contributed by atoms with Gasteiger partial charge in [-0.3, -0.25) is 9.69 Å². The highest BCUT2D eigenvalue weighted by molar-refractivity contribution is 6.04. The fraction of sp³-hybridized carbons (Fsp3) is 0.233. The summed E-state index contributed by atoms with van der Waals surface area (Å²) < 4.78 is 15.9. The number of rotatable bonds is 6. The number of aryl methyl sites for hydroxylation is 1. The number of hydrogen-bond donors (Lipinski definition) is 2. The van der Waals surface area contributed by atoms with Crippen LogP contribution in [-0.2, 0) is 6.54 Å². The van der Waals surface area contributed by atoms with Gasteiger partial charge in [0, 0.05) is 67.5 Å². The molecule has 4 aromatic rings. The quantitative estimate of drug-likeness (QED) is 0.351. The first-order valence-electron chi connectivity index (χ1n) is 13.0. The number of benzene rings is 2. The molecule has 0 spiro atoms. The molecule has 3 heterocycles. The van der Waals surface area contributed by atoms with E-state index in [1.165, 1.54) is 18.5 Å². The number of carbonyl (C=O) groups is 1. The molecule has 41 heavy (non-hydrogen) atoms. The number of halogens is 1. The second-order valence-corrected chi connectivity index (χ2v) is 9.81. The van der Waals surface area contributed by atoms with E-state index in [9.17, 15) is 9.18 Å². The molecule has 2 aromatic heterocycles. The van der Waals surface area contributed by atoms with Crippen LogP contribution in [0.5, 0.6) is 0 Å². The molecular formula is C30H28FN9O. The van der Waals surface area contributed by atoms with Gasteiger partial charge in [0.1, 0.15) is 5.82 Å². The third-order valence-electron chi connectivity index (χ3n) is 6.74. The summed E-state index contributed by atoms with van der Waals surface area (Å²) in [5.41, 5.74) is 4.18. The summed E-state index contributed by atoms with van der Waals surface area (Å²) in [7, 11) is 2.09. The van der Waals surface area contributed by atoms with E-state index in [-0.39, 0.29) is 11.7 Å². The average Bonchev–Trinajstić information content (AvgIpc) is 3.43. The lowest BCUT2D eigenvalue weighted by Gasteiger charge is -2.32. The molecule has 2 N–H and O–H groups in total. The van der Waals surface area contributed by atoms with Crippen molar-refractivity contribution in [1.29, 1.82) is 5.26 Å². The summed E-state index contributed by atoms with van der Waals surface area (Å²) in [6.45, 7) is 6.20. The maximum Gasteiger partial charge on any atom is 0.255 e. The van der Waals surface area contributed by atoms with Crippen molar-refractivity contribution in [2.24, 2.45) is 0 Å². The molecule has 206 valence electrons. The van der Waals surface area contributed by atoms with Gasteiger partial charge < -0.3 is 15.5 Å². The Morgan fingerprint density at radius 3 is 2.51 bits per heavy atom. The minimum Gasteiger partial charge on any atom is -0.322 e. The maximum absolute atomic E-state index is 14.8. The normalized spacial score (nSPS) is 13.6. The topological polar surface area (TPSA) is 115 Å². The zero-order chi connectivity index (χ0) is 28.8. The molecule has 5 rings (SSSR count). The first-order valence-corrected chi connectivity index (χ1v) is 13.0. The molecule has 1 amide bonds. The summed E-state index contributed by atoms with van der Waals surface area (Å²) in [6, 6.07) is 10.1. The molecule has 1 aliphatic rings. The van der Waals surface area contributed by atoms with Gasteiger partial charge in [0.15, 0.2) is 0 Å². The SMILES string of the molecule is Cc1ccc(C(=O)Nc2ccc(CN3CCN(C)CC3)c(F)c2)cc1C#Cc1cnc(Nc2cnn(C#N)c2)nc1. The van der Waals surface area contributed by atoms with E-state index in [0.717, 1.165) is 36.4 Å². The van der Waals surface area contributed by atoms with Crippen LogP contribution >= 0.6 is 0 Å². The number of likely N-dealkylation sites (N-methyl/N-ethyl adjacent to an activating group) is 1. The van der Waals surface area contributed by atoms with E-state index in [0.29, 0.717) is 46.1 Å². The minimum absolute atomic E-state index is 0.335. The Bertz CT molecular complexity index is 1660. The van der Waals surface area contributed by atoms with Crippen LogP contribution in [0.4, 0.5) is 21.7 Å². The van der Waals surface area contributed by atoms with Gasteiger partial charge in [-0.15, -0.1) is 0 Å². The number of piperazine rings is 1. The van der Waals surface area contributed by atoms with Crippen LogP contribution in [0, 0.1) is 36.0 Å². The molecule has 1 saturated heterocycles. The van der Waals surface area contributed by atoms with Gasteiger partial charge >= 0.3 is 0 Å². The number of carbonyl (C=O) groups excluding carboxylic acids is 1. The third-order valence-corrected chi connectivity index (χ3v) is 6.74. The van der Waals surface area contributed by atoms with Crippen molar-refractivity contribution in [3.8, 4) is 18.0 Å². The lowest BCUT2D eigenvalue weighted by atomic mass is 10.0. The van der Waals surface area contributed by atoms with E-state index in [1.807, 2.05) is 19.2 Å². The highest BCUT2D eigenvalue weighted by Crippen LogP contribution is 2.19. The van der Waals surface area contributed by atoms with Crippen LogP contribution in [0.2, 0.25) is 0 Å². The number of anilines is 3. The highest BCUT2D eigenvalue weighted by Gasteiger charge is 2.16. The molecule has 0 aliphatic carbocycles. The lowest BCUT2D eigenvalue weighted by Crippen LogP contribution is -2.44. The smallest absolute Gasteiger partial charge is 0.255 e. The van der Waals surface area contributed by atoms with Gasteiger partial charge in [0.2, 0.25) is 12.1 Å². The number of nitriles is 1. The predicted octanol–water partition coefficient (Wildman–Crippen LogP) is 3.59. The molecular weight excluding hydrogens is 521 g/mol. The molecule has 2 aromatic carbocycles. The Morgan fingerprint density at radius 1 is 1.02 bits per heavy atom. The summed E-state index contributed by atoms with van der Waals surface area (Å²) in [6.07, 6.45) is 8.04. The van der Waals surface area contributed by atoms with Crippen LogP contribution in [-0.4, -0.2) is 68.7 Å². The van der Waals surface area contributed by atoms with Gasteiger partial charge in [-0.2, -0.15) is 15.0 Å². The molecule has 0 bridgehead atoms. The lowest BCUT2D eigenvalue weighted by molar-refractivity contribution is 0.102. The Labute approximate surface area is 237 Å². The standard InChI is InChI=1S/C30H28FN9O/c1-21-3-5-24(29(41)36-26-8-7-25(28(31)14-26)18-39-11-9-38(2)10-12-39)13-23(21)6-4-22-15-33-30(34-16-22)37-27-17-35-40(19-27)20-32/h3,5,7-8,13-17,19H,9-12,18H2,1-2H3,(H,36,41)(H,33,34,37). The summed E-state index contributed by atoms with van der Waals surface area (Å²) >= 11 is 0. The number of hydrogen-bond acceptors (Lipinski definition) is 8. The molecule has 10 nitrogen and oxygen atoms in total. The zero-order valence-electron chi connectivity index (χ0n) is 22.7. The van der Waals surface area contributed by atoms with E-state index in [4.69, 9.17) is 5.26 Å². The molecule has 1 aliphatic heterocycles. The second kappa shape index (κ2) is 12.4. The Hall–Kier alpha value is -5.10. The largest absolute Gasteiger partial charge is 0.322 e. The summed E-state index contributed by atoms with van der Waals surface area (Å²) in [5.74, 6) is 5.76. The number of amides is 1. The second-order valence-electron chi connectivity index (χ2n) is 9.81. The molecule has 0 saturated carbocycles. The molecule has 1 fully saturated rings. The van der Waals surface area contributed by atoms with Crippen LogP contribution in [0.3, 0.4) is 0 Å². The van der Waals surface area contributed by atoms with Crippen LogP contribution < -0.4 is 10.6 Å². The van der Waals surface area contributed by atoms with Crippen molar-refractivity contribution >= 4 is 23.2 Å². The Balaban J connectivity index is 1.22. The van der Waals surface area contributed by atoms with Crippen LogP contribution in [0.15, 0.2) is 61.2 Å². The average molecular weight is 550 g/mol. The number of nitrogens with zero attached hydrogens (tertiary/aromatic N) is 7.